The standard InChI is InChI=1S/C20H20F2O2S/c1-13(2)11-23-15-5-7-19(17(21)9-15)25-20-8-6-16(10-18(20)22)24-12-14(3)4/h5-10H,1,3,11-12H2,2,4H3. The van der Waals surface area contributed by atoms with Crippen molar-refractivity contribution in [2.24, 2.45) is 0 Å². The number of hydrogen-bond acceptors (Lipinski definition) is 3. The van der Waals surface area contributed by atoms with Crippen molar-refractivity contribution in [1.82, 2.24) is 0 Å². The molecule has 132 valence electrons. The molecule has 0 saturated heterocycles. The summed E-state index contributed by atoms with van der Waals surface area (Å²) in [6.45, 7) is 11.8. The molecular formula is C20H20F2O2S. The lowest BCUT2D eigenvalue weighted by Gasteiger charge is -2.10. The number of ether oxygens (including phenoxy) is 2. The SMILES string of the molecule is C=C(C)COc1ccc(Sc2ccc(OCC(=C)C)cc2F)c(F)c1. The Morgan fingerprint density at radius 2 is 1.24 bits per heavy atom. The van der Waals surface area contributed by atoms with E-state index >= 15 is 0 Å². The van der Waals surface area contributed by atoms with E-state index in [4.69, 9.17) is 9.47 Å². The van der Waals surface area contributed by atoms with Crippen LogP contribution >= 0.6 is 11.8 Å². The maximum atomic E-state index is 14.2. The molecule has 0 heterocycles. The second-order valence-corrected chi connectivity index (χ2v) is 6.86. The Kier molecular flexibility index (Phi) is 6.65. The van der Waals surface area contributed by atoms with Gasteiger partial charge in [-0.15, -0.1) is 0 Å². The van der Waals surface area contributed by atoms with E-state index in [1.807, 2.05) is 13.8 Å². The molecule has 0 amide bonds. The van der Waals surface area contributed by atoms with Crippen LogP contribution in [0.4, 0.5) is 8.78 Å². The van der Waals surface area contributed by atoms with Gasteiger partial charge in [0.1, 0.15) is 36.3 Å². The van der Waals surface area contributed by atoms with Gasteiger partial charge in [-0.3, -0.25) is 0 Å². The van der Waals surface area contributed by atoms with Gasteiger partial charge in [-0.05, 0) is 49.3 Å². The van der Waals surface area contributed by atoms with Crippen LogP contribution in [0.5, 0.6) is 11.5 Å². The van der Waals surface area contributed by atoms with Crippen molar-refractivity contribution in [2.45, 2.75) is 23.6 Å². The summed E-state index contributed by atoms with van der Waals surface area (Å²) in [5.74, 6) is -0.111. The van der Waals surface area contributed by atoms with Gasteiger partial charge in [-0.2, -0.15) is 0 Å². The molecule has 2 aromatic rings. The Labute approximate surface area is 151 Å². The van der Waals surface area contributed by atoms with E-state index < -0.39 is 11.6 Å². The van der Waals surface area contributed by atoms with E-state index in [0.717, 1.165) is 22.9 Å². The smallest absolute Gasteiger partial charge is 0.140 e. The van der Waals surface area contributed by atoms with E-state index in [1.165, 1.54) is 12.1 Å². The fraction of sp³-hybridized carbons (Fsp3) is 0.200. The lowest BCUT2D eigenvalue weighted by Crippen LogP contribution is -1.98. The zero-order valence-electron chi connectivity index (χ0n) is 14.3. The van der Waals surface area contributed by atoms with Gasteiger partial charge in [0, 0.05) is 21.9 Å². The molecule has 0 radical (unpaired) electrons. The molecule has 0 aliphatic rings. The zero-order valence-corrected chi connectivity index (χ0v) is 15.1. The van der Waals surface area contributed by atoms with Gasteiger partial charge in [-0.1, -0.05) is 24.9 Å². The van der Waals surface area contributed by atoms with Crippen LogP contribution in [0.1, 0.15) is 13.8 Å². The van der Waals surface area contributed by atoms with Crippen molar-refractivity contribution in [3.05, 3.63) is 72.3 Å². The first kappa shape index (κ1) is 19.1. The molecular weight excluding hydrogens is 342 g/mol. The number of rotatable bonds is 8. The summed E-state index contributed by atoms with van der Waals surface area (Å²) in [7, 11) is 0. The third-order valence-corrected chi connectivity index (χ3v) is 4.10. The second kappa shape index (κ2) is 8.72. The highest BCUT2D eigenvalue weighted by Gasteiger charge is 2.11. The molecule has 0 aromatic heterocycles. The Morgan fingerprint density at radius 3 is 1.56 bits per heavy atom. The molecule has 5 heteroatoms. The Morgan fingerprint density at radius 1 is 0.840 bits per heavy atom. The highest BCUT2D eigenvalue weighted by atomic mass is 32.2. The summed E-state index contributed by atoms with van der Waals surface area (Å²) in [5, 5.41) is 0. The minimum absolute atomic E-state index is 0.317. The van der Waals surface area contributed by atoms with E-state index in [-0.39, 0.29) is 0 Å². The quantitative estimate of drug-likeness (QED) is 0.535. The minimum Gasteiger partial charge on any atom is -0.489 e. The third-order valence-electron chi connectivity index (χ3n) is 3.00. The van der Waals surface area contributed by atoms with E-state index in [9.17, 15) is 8.78 Å². The summed E-state index contributed by atoms with van der Waals surface area (Å²) in [6, 6.07) is 9.01. The van der Waals surface area contributed by atoms with Crippen molar-refractivity contribution < 1.29 is 18.3 Å². The summed E-state index contributed by atoms with van der Waals surface area (Å²) in [6.07, 6.45) is 0. The minimum atomic E-state index is -0.466. The predicted octanol–water partition coefficient (Wildman–Crippen LogP) is 6.03. The summed E-state index contributed by atoms with van der Waals surface area (Å²) >= 11 is 1.01. The molecule has 25 heavy (non-hydrogen) atoms. The summed E-state index contributed by atoms with van der Waals surface area (Å²) in [4.78, 5) is 0.634. The molecule has 0 aliphatic heterocycles. The van der Waals surface area contributed by atoms with Gasteiger partial charge >= 0.3 is 0 Å². The lowest BCUT2D eigenvalue weighted by molar-refractivity contribution is 0.350. The number of hydrogen-bond donors (Lipinski definition) is 0. The normalized spacial score (nSPS) is 10.4. The Balaban J connectivity index is 2.08. The molecule has 0 saturated carbocycles. The van der Waals surface area contributed by atoms with Crippen LogP contribution in [0.3, 0.4) is 0 Å². The molecule has 0 atom stereocenters. The third kappa shape index (κ3) is 5.94. The van der Waals surface area contributed by atoms with Crippen LogP contribution in [-0.4, -0.2) is 13.2 Å². The van der Waals surface area contributed by atoms with Gasteiger partial charge in [0.15, 0.2) is 0 Å². The highest BCUT2D eigenvalue weighted by Crippen LogP contribution is 2.34. The van der Waals surface area contributed by atoms with Gasteiger partial charge < -0.3 is 9.47 Å². The number of benzene rings is 2. The highest BCUT2D eigenvalue weighted by molar-refractivity contribution is 7.99. The molecule has 0 unspecified atom stereocenters. The molecule has 0 spiro atoms. The molecule has 0 bridgehead atoms. The van der Waals surface area contributed by atoms with Crippen molar-refractivity contribution in [1.29, 1.82) is 0 Å². The molecule has 0 N–H and O–H groups in total. The molecule has 2 aromatic carbocycles. The maximum Gasteiger partial charge on any atom is 0.140 e. The van der Waals surface area contributed by atoms with Crippen LogP contribution in [0.25, 0.3) is 0 Å². The van der Waals surface area contributed by atoms with Crippen LogP contribution in [0.15, 0.2) is 70.5 Å². The van der Waals surface area contributed by atoms with Gasteiger partial charge in [0.25, 0.3) is 0 Å². The van der Waals surface area contributed by atoms with Crippen molar-refractivity contribution >= 4 is 11.8 Å². The Hall–Kier alpha value is -2.27. The van der Waals surface area contributed by atoms with Crippen LogP contribution < -0.4 is 9.47 Å². The fourth-order valence-corrected chi connectivity index (χ4v) is 2.66. The van der Waals surface area contributed by atoms with Crippen LogP contribution in [0, 0.1) is 11.6 Å². The largest absolute Gasteiger partial charge is 0.489 e. The average Bonchev–Trinajstić information content (AvgIpc) is 2.55. The van der Waals surface area contributed by atoms with E-state index in [2.05, 4.69) is 13.2 Å². The van der Waals surface area contributed by atoms with Crippen molar-refractivity contribution in [3.63, 3.8) is 0 Å². The predicted molar refractivity (Wildman–Crippen MR) is 97.5 cm³/mol. The van der Waals surface area contributed by atoms with Gasteiger partial charge in [0.2, 0.25) is 0 Å². The zero-order chi connectivity index (χ0) is 18.4. The van der Waals surface area contributed by atoms with Crippen molar-refractivity contribution in [3.8, 4) is 11.5 Å². The Bertz CT molecular complexity index is 722. The van der Waals surface area contributed by atoms with E-state index in [0.29, 0.717) is 34.5 Å². The lowest BCUT2D eigenvalue weighted by atomic mass is 10.3. The molecule has 0 aliphatic carbocycles. The monoisotopic (exact) mass is 362 g/mol. The molecule has 2 rings (SSSR count). The number of halogens is 2. The van der Waals surface area contributed by atoms with Crippen molar-refractivity contribution in [2.75, 3.05) is 13.2 Å². The first-order chi connectivity index (χ1) is 11.8. The van der Waals surface area contributed by atoms with Gasteiger partial charge in [-0.25, -0.2) is 8.78 Å². The maximum absolute atomic E-state index is 14.2. The topological polar surface area (TPSA) is 18.5 Å². The summed E-state index contributed by atoms with van der Waals surface area (Å²) in [5.41, 5.74) is 1.68. The fourth-order valence-electron chi connectivity index (χ4n) is 1.84. The van der Waals surface area contributed by atoms with Crippen LogP contribution in [-0.2, 0) is 0 Å². The first-order valence-corrected chi connectivity index (χ1v) is 8.48. The average molecular weight is 362 g/mol. The second-order valence-electron chi connectivity index (χ2n) is 5.78. The van der Waals surface area contributed by atoms with Crippen LogP contribution in [0.2, 0.25) is 0 Å². The van der Waals surface area contributed by atoms with E-state index in [1.54, 1.807) is 24.3 Å². The first-order valence-electron chi connectivity index (χ1n) is 7.66. The molecule has 2 nitrogen and oxygen atoms in total. The van der Waals surface area contributed by atoms with Gasteiger partial charge in [0.05, 0.1) is 0 Å². The summed E-state index contributed by atoms with van der Waals surface area (Å²) < 4.78 is 39.2. The molecule has 0 fully saturated rings.